The molecule has 1 aliphatic carbocycles. The predicted molar refractivity (Wildman–Crippen MR) is 216 cm³/mol. The van der Waals surface area contributed by atoms with Crippen LogP contribution in [0.15, 0.2) is 36.0 Å². The quantitative estimate of drug-likeness (QED) is 0.226. The molecule has 14 atom stereocenters. The van der Waals surface area contributed by atoms with Gasteiger partial charge in [0.2, 0.25) is 5.79 Å². The number of carbonyl (C=O) groups excluding carboxylic acids is 4. The number of nitrogens with zero attached hydrogens (tertiary/aromatic N) is 1. The molecule has 1 amide bonds. The topological polar surface area (TPSA) is 169 Å². The van der Waals surface area contributed by atoms with Crippen LogP contribution in [0.3, 0.4) is 0 Å². The highest BCUT2D eigenvalue weighted by Gasteiger charge is 2.56. The molecule has 0 aromatic heterocycles. The molecule has 12 nitrogen and oxygen atoms in total. The van der Waals surface area contributed by atoms with E-state index >= 15 is 0 Å². The number of hydrogen-bond acceptors (Lipinski definition) is 11. The highest BCUT2D eigenvalue weighted by atomic mass is 16.7. The third kappa shape index (κ3) is 11.4. The molecule has 4 aliphatic rings. The number of Topliss-reactive ketones (excluding diaryl/α,β-unsaturated/α-hetero) is 3. The Morgan fingerprint density at radius 1 is 0.895 bits per heavy atom. The minimum Gasteiger partial charge on any atom is -0.392 e. The fourth-order valence-electron chi connectivity index (χ4n) is 9.93. The molecule has 3 N–H and O–H groups in total. The first-order valence-corrected chi connectivity index (χ1v) is 21.2. The van der Waals surface area contributed by atoms with E-state index in [1.165, 1.54) is 4.90 Å². The lowest BCUT2D eigenvalue weighted by Gasteiger charge is -2.47. The lowest BCUT2D eigenvalue weighted by molar-refractivity contribution is -0.302. The van der Waals surface area contributed by atoms with E-state index in [1.807, 2.05) is 26.8 Å². The summed E-state index contributed by atoms with van der Waals surface area (Å²) in [5.41, 5.74) is 1.44. The van der Waals surface area contributed by atoms with Crippen molar-refractivity contribution in [2.75, 3.05) is 27.9 Å². The highest BCUT2D eigenvalue weighted by molar-refractivity contribution is 6.39. The van der Waals surface area contributed by atoms with Crippen LogP contribution in [-0.2, 0) is 38.1 Å². The van der Waals surface area contributed by atoms with Crippen LogP contribution in [0.4, 0.5) is 0 Å². The number of rotatable bonds is 7. The van der Waals surface area contributed by atoms with Gasteiger partial charge in [-0.15, -0.1) is 6.58 Å². The summed E-state index contributed by atoms with van der Waals surface area (Å²) in [6, 6.07) is -0.922. The van der Waals surface area contributed by atoms with Gasteiger partial charge in [-0.3, -0.25) is 19.2 Å². The van der Waals surface area contributed by atoms with Gasteiger partial charge in [0.05, 0.1) is 36.6 Å². The van der Waals surface area contributed by atoms with Crippen molar-refractivity contribution in [1.29, 1.82) is 0 Å². The van der Waals surface area contributed by atoms with Crippen LogP contribution in [0.2, 0.25) is 0 Å². The summed E-state index contributed by atoms with van der Waals surface area (Å²) in [7, 11) is 4.67. The fourth-order valence-corrected chi connectivity index (χ4v) is 9.93. The Hall–Kier alpha value is -2.58. The van der Waals surface area contributed by atoms with Crippen LogP contribution in [0.1, 0.15) is 112 Å². The van der Waals surface area contributed by atoms with Crippen LogP contribution in [-0.4, -0.2) is 120 Å². The summed E-state index contributed by atoms with van der Waals surface area (Å²) >= 11 is 0. The van der Waals surface area contributed by atoms with Gasteiger partial charge < -0.3 is 39.2 Å². The Morgan fingerprint density at radius 3 is 2.21 bits per heavy atom. The first kappa shape index (κ1) is 47.1. The van der Waals surface area contributed by atoms with E-state index in [-0.39, 0.29) is 61.2 Å². The summed E-state index contributed by atoms with van der Waals surface area (Å²) in [5, 5.41) is 34.3. The molecule has 1 saturated carbocycles. The number of amides is 1. The van der Waals surface area contributed by atoms with Gasteiger partial charge in [-0.1, -0.05) is 51.5 Å². The molecule has 2 saturated heterocycles. The Morgan fingerprint density at radius 2 is 1.56 bits per heavy atom. The van der Waals surface area contributed by atoms with Crippen LogP contribution in [0.25, 0.3) is 0 Å². The highest BCUT2D eigenvalue weighted by Crippen LogP contribution is 2.40. The standard InChI is InChI=1S/C45H71NO11/c1-10-13-32-19-26(2)18-27(3)20-40(55-8)42-41(56-9)22-29(5)45(53,57-42)43(51)44(52)46-17-12-11-14-34(46)38(50)24-33(30(6)36(48)25-37(32)49)28(4)21-31-15-16-35(47)39(23-31)54-7/h10,19,21,26-27,29-31,33-36,39-42,47-48,53H,1,11-18,20,22-25H2,2-9H3/b28-21?,32-19+/t26?,27-,29+,30-,31?,33+,34-,35+,36-,39+,40-,41-,42+,45+/m0/s1. The van der Waals surface area contributed by atoms with Gasteiger partial charge in [0, 0.05) is 46.6 Å². The largest absolute Gasteiger partial charge is 0.392 e. The van der Waals surface area contributed by atoms with Crippen LogP contribution >= 0.6 is 0 Å². The molecule has 12 heteroatoms. The lowest BCUT2D eigenvalue weighted by atomic mass is 9.75. The summed E-state index contributed by atoms with van der Waals surface area (Å²) in [6.07, 6.45) is 6.87. The lowest BCUT2D eigenvalue weighted by Crippen LogP contribution is -2.64. The van der Waals surface area contributed by atoms with Crippen molar-refractivity contribution in [3.8, 4) is 0 Å². The Labute approximate surface area is 340 Å². The zero-order valence-corrected chi connectivity index (χ0v) is 35.7. The smallest absolute Gasteiger partial charge is 0.296 e. The molecule has 4 rings (SSSR count). The second kappa shape index (κ2) is 21.1. The SMILES string of the molecule is C=CC/C1=C\C(C)C[C@H](C)C[C@H](OC)[C@H]2O[C@@](O)(C(=O)C(=O)N3CCCC[C@H]3C(=O)C[C@H](C(C)=CC3CC[C@@H](O)[C@H](OC)C3)[C@H](C)[C@@H](O)CC1=O)[C@H](C)C[C@@H]2OC. The van der Waals surface area contributed by atoms with Crippen molar-refractivity contribution >= 4 is 23.3 Å². The molecular formula is C45H71NO11. The van der Waals surface area contributed by atoms with Crippen molar-refractivity contribution in [1.82, 2.24) is 4.90 Å². The number of ketones is 3. The van der Waals surface area contributed by atoms with Crippen LogP contribution < -0.4 is 0 Å². The van der Waals surface area contributed by atoms with E-state index in [0.717, 1.165) is 12.0 Å². The van der Waals surface area contributed by atoms with Gasteiger partial charge in [-0.05, 0) is 106 Å². The number of ether oxygens (including phenoxy) is 4. The van der Waals surface area contributed by atoms with E-state index in [9.17, 15) is 34.5 Å². The average molecular weight is 802 g/mol. The summed E-state index contributed by atoms with van der Waals surface area (Å²) in [5.74, 6) is -6.71. The molecule has 3 fully saturated rings. The third-order valence-electron chi connectivity index (χ3n) is 13.4. The minimum absolute atomic E-state index is 0.0281. The van der Waals surface area contributed by atoms with E-state index < -0.39 is 71.8 Å². The number of aliphatic hydroxyl groups excluding tert-OH is 2. The number of piperidine rings is 1. The summed E-state index contributed by atoms with van der Waals surface area (Å²) < 4.78 is 23.6. The first-order valence-electron chi connectivity index (χ1n) is 21.2. The van der Waals surface area contributed by atoms with E-state index in [2.05, 4.69) is 19.6 Å². The molecule has 0 radical (unpaired) electrons. The van der Waals surface area contributed by atoms with Gasteiger partial charge in [-0.2, -0.15) is 0 Å². The molecule has 0 aromatic carbocycles. The second-order valence-electron chi connectivity index (χ2n) is 17.7. The van der Waals surface area contributed by atoms with E-state index in [0.29, 0.717) is 56.9 Å². The van der Waals surface area contributed by atoms with Gasteiger partial charge in [0.25, 0.3) is 11.7 Å². The maximum atomic E-state index is 14.5. The Balaban J connectivity index is 1.78. The van der Waals surface area contributed by atoms with Crippen molar-refractivity contribution in [3.05, 3.63) is 36.0 Å². The molecule has 0 spiro atoms. The van der Waals surface area contributed by atoms with Gasteiger partial charge >= 0.3 is 0 Å². The minimum atomic E-state index is -2.47. The Kier molecular flexibility index (Phi) is 17.4. The van der Waals surface area contributed by atoms with Crippen molar-refractivity contribution < 1.29 is 53.4 Å². The monoisotopic (exact) mass is 802 g/mol. The first-order chi connectivity index (χ1) is 27.0. The van der Waals surface area contributed by atoms with Gasteiger partial charge in [0.15, 0.2) is 11.6 Å². The van der Waals surface area contributed by atoms with Gasteiger partial charge in [0.1, 0.15) is 6.10 Å². The Bertz CT molecular complexity index is 1480. The number of aliphatic hydroxyl groups is 3. The molecule has 57 heavy (non-hydrogen) atoms. The van der Waals surface area contributed by atoms with E-state index in [4.69, 9.17) is 18.9 Å². The summed E-state index contributed by atoms with van der Waals surface area (Å²) in [4.78, 5) is 58.3. The van der Waals surface area contributed by atoms with Crippen molar-refractivity contribution in [3.63, 3.8) is 0 Å². The molecule has 3 heterocycles. The molecular weight excluding hydrogens is 730 g/mol. The maximum absolute atomic E-state index is 14.5. The molecule has 3 aliphatic heterocycles. The molecule has 2 bridgehead atoms. The van der Waals surface area contributed by atoms with E-state index in [1.54, 1.807) is 34.3 Å². The fraction of sp³-hybridized carbons (Fsp3) is 0.778. The zero-order valence-electron chi connectivity index (χ0n) is 35.7. The normalized spacial score (nSPS) is 41.1. The predicted octanol–water partition coefficient (Wildman–Crippen LogP) is 5.30. The molecule has 2 unspecified atom stereocenters. The van der Waals surface area contributed by atoms with Gasteiger partial charge in [-0.25, -0.2) is 0 Å². The number of allylic oxidation sites excluding steroid dienone is 5. The maximum Gasteiger partial charge on any atom is 0.296 e. The van der Waals surface area contributed by atoms with Crippen molar-refractivity contribution in [2.24, 2.45) is 35.5 Å². The van der Waals surface area contributed by atoms with Crippen LogP contribution in [0.5, 0.6) is 0 Å². The van der Waals surface area contributed by atoms with Crippen molar-refractivity contribution in [2.45, 2.75) is 160 Å². The number of carbonyl (C=O) groups is 4. The second-order valence-corrected chi connectivity index (χ2v) is 17.7. The summed E-state index contributed by atoms with van der Waals surface area (Å²) in [6.45, 7) is 13.6. The number of hydrogen-bond donors (Lipinski definition) is 3. The molecule has 0 aromatic rings. The number of methoxy groups -OCH3 is 3. The zero-order chi connectivity index (χ0) is 42.2. The molecule has 322 valence electrons. The average Bonchev–Trinajstić information content (AvgIpc) is 3.18. The number of fused-ring (bicyclic) bond motifs is 3. The van der Waals surface area contributed by atoms with Crippen LogP contribution in [0, 0.1) is 35.5 Å². The third-order valence-corrected chi connectivity index (χ3v) is 13.4.